The van der Waals surface area contributed by atoms with Gasteiger partial charge < -0.3 is 15.0 Å². The van der Waals surface area contributed by atoms with Crippen molar-refractivity contribution >= 4 is 5.97 Å². The van der Waals surface area contributed by atoms with Crippen LogP contribution < -0.4 is 5.32 Å². The van der Waals surface area contributed by atoms with Crippen LogP contribution in [0.25, 0.3) is 0 Å². The van der Waals surface area contributed by atoms with Crippen molar-refractivity contribution in [2.45, 2.75) is 46.1 Å². The first kappa shape index (κ1) is 16.4. The van der Waals surface area contributed by atoms with Gasteiger partial charge in [-0.05, 0) is 52.1 Å². The second-order valence-electron chi connectivity index (χ2n) is 6.07. The second kappa shape index (κ2) is 7.25. The molecule has 1 fully saturated rings. The molecule has 4 nitrogen and oxygen atoms in total. The first-order chi connectivity index (χ1) is 8.92. The highest BCUT2D eigenvalue weighted by atomic mass is 16.5. The zero-order valence-corrected chi connectivity index (χ0v) is 13.2. The number of carbonyl (C=O) groups excluding carboxylic acids is 1. The molecule has 4 heteroatoms. The summed E-state index contributed by atoms with van der Waals surface area (Å²) in [5.74, 6) is 1.61. The van der Waals surface area contributed by atoms with Gasteiger partial charge in [0, 0.05) is 13.1 Å². The number of nitrogens with zero attached hydrogens (tertiary/aromatic N) is 1. The number of nitrogens with one attached hydrogen (secondary N) is 1. The molecule has 19 heavy (non-hydrogen) atoms. The van der Waals surface area contributed by atoms with E-state index in [1.807, 2.05) is 20.8 Å². The first-order valence-corrected chi connectivity index (χ1v) is 7.53. The van der Waals surface area contributed by atoms with E-state index in [9.17, 15) is 4.79 Å². The molecule has 1 aliphatic carbocycles. The SMILES string of the molecule is CCNC(C)(CCN(C)CC1CC1C)C(=O)OCC. The predicted octanol–water partition coefficient (Wildman–Crippen LogP) is 1.90. The molecule has 0 aromatic rings. The normalized spacial score (nSPS) is 25.2. The molecule has 1 rings (SSSR count). The Labute approximate surface area is 117 Å². The zero-order chi connectivity index (χ0) is 14.5. The lowest BCUT2D eigenvalue weighted by Gasteiger charge is -2.30. The van der Waals surface area contributed by atoms with Gasteiger partial charge >= 0.3 is 5.97 Å². The molecule has 0 aromatic carbocycles. The average Bonchev–Trinajstić information content (AvgIpc) is 3.03. The van der Waals surface area contributed by atoms with E-state index in [0.29, 0.717) is 6.61 Å². The Hall–Kier alpha value is -0.610. The Kier molecular flexibility index (Phi) is 6.27. The van der Waals surface area contributed by atoms with Crippen molar-refractivity contribution in [3.8, 4) is 0 Å². The summed E-state index contributed by atoms with van der Waals surface area (Å²) in [5, 5.41) is 3.28. The number of hydrogen-bond acceptors (Lipinski definition) is 4. The van der Waals surface area contributed by atoms with Crippen molar-refractivity contribution in [2.75, 3.05) is 33.3 Å². The van der Waals surface area contributed by atoms with Crippen LogP contribution in [-0.4, -0.2) is 49.7 Å². The Balaban J connectivity index is 2.41. The molecule has 0 spiro atoms. The Morgan fingerprint density at radius 3 is 2.58 bits per heavy atom. The van der Waals surface area contributed by atoms with Gasteiger partial charge in [0.1, 0.15) is 5.54 Å². The maximum atomic E-state index is 12.1. The van der Waals surface area contributed by atoms with Gasteiger partial charge in [-0.2, -0.15) is 0 Å². The zero-order valence-electron chi connectivity index (χ0n) is 13.2. The minimum atomic E-state index is -0.561. The molecular formula is C15H30N2O2. The van der Waals surface area contributed by atoms with Crippen LogP contribution >= 0.6 is 0 Å². The van der Waals surface area contributed by atoms with Crippen LogP contribution in [0.5, 0.6) is 0 Å². The highest BCUT2D eigenvalue weighted by molar-refractivity contribution is 5.80. The number of rotatable bonds is 9. The van der Waals surface area contributed by atoms with Gasteiger partial charge in [-0.25, -0.2) is 0 Å². The summed E-state index contributed by atoms with van der Waals surface area (Å²) in [5.41, 5.74) is -0.561. The van der Waals surface area contributed by atoms with Crippen LogP contribution in [0.2, 0.25) is 0 Å². The van der Waals surface area contributed by atoms with Gasteiger partial charge in [0.2, 0.25) is 0 Å². The fourth-order valence-electron chi connectivity index (χ4n) is 2.50. The molecule has 112 valence electrons. The van der Waals surface area contributed by atoms with Gasteiger partial charge in [-0.15, -0.1) is 0 Å². The van der Waals surface area contributed by atoms with Crippen molar-refractivity contribution < 1.29 is 9.53 Å². The standard InChI is InChI=1S/C15H30N2O2/c1-6-16-15(4,14(18)19-7-2)8-9-17(5)11-13-10-12(13)3/h12-13,16H,6-11H2,1-5H3. The van der Waals surface area contributed by atoms with Crippen LogP contribution in [0, 0.1) is 11.8 Å². The summed E-state index contributed by atoms with van der Waals surface area (Å²) in [7, 11) is 2.14. The van der Waals surface area contributed by atoms with Crippen molar-refractivity contribution in [2.24, 2.45) is 11.8 Å². The van der Waals surface area contributed by atoms with Crippen LogP contribution in [0.15, 0.2) is 0 Å². The van der Waals surface area contributed by atoms with E-state index in [-0.39, 0.29) is 5.97 Å². The topological polar surface area (TPSA) is 41.6 Å². The fraction of sp³-hybridized carbons (Fsp3) is 0.933. The third-order valence-electron chi connectivity index (χ3n) is 4.11. The minimum Gasteiger partial charge on any atom is -0.465 e. The maximum Gasteiger partial charge on any atom is 0.326 e. The lowest BCUT2D eigenvalue weighted by atomic mass is 9.97. The third kappa shape index (κ3) is 5.11. The van der Waals surface area contributed by atoms with Crippen molar-refractivity contribution in [3.05, 3.63) is 0 Å². The number of hydrogen-bond donors (Lipinski definition) is 1. The number of ether oxygens (including phenoxy) is 1. The van der Waals surface area contributed by atoms with E-state index in [1.165, 1.54) is 6.42 Å². The number of carbonyl (C=O) groups is 1. The third-order valence-corrected chi connectivity index (χ3v) is 4.11. The Morgan fingerprint density at radius 2 is 2.11 bits per heavy atom. The first-order valence-electron chi connectivity index (χ1n) is 7.53. The average molecular weight is 270 g/mol. The smallest absolute Gasteiger partial charge is 0.326 e. The summed E-state index contributed by atoms with van der Waals surface area (Å²) in [4.78, 5) is 14.4. The van der Waals surface area contributed by atoms with Crippen LogP contribution in [0.3, 0.4) is 0 Å². The largest absolute Gasteiger partial charge is 0.465 e. The van der Waals surface area contributed by atoms with Crippen LogP contribution in [0.4, 0.5) is 0 Å². The summed E-state index contributed by atoms with van der Waals surface area (Å²) in [6.07, 6.45) is 2.14. The lowest BCUT2D eigenvalue weighted by molar-refractivity contribution is -0.151. The Bertz CT molecular complexity index is 296. The number of esters is 1. The van der Waals surface area contributed by atoms with Gasteiger partial charge in [0.05, 0.1) is 6.61 Å². The molecular weight excluding hydrogens is 240 g/mol. The van der Waals surface area contributed by atoms with Crippen LogP contribution in [0.1, 0.15) is 40.5 Å². The quantitative estimate of drug-likeness (QED) is 0.650. The summed E-state index contributed by atoms with van der Waals surface area (Å²) < 4.78 is 5.18. The van der Waals surface area contributed by atoms with Crippen molar-refractivity contribution in [3.63, 3.8) is 0 Å². The minimum absolute atomic E-state index is 0.134. The molecule has 0 heterocycles. The van der Waals surface area contributed by atoms with Gasteiger partial charge in [0.25, 0.3) is 0 Å². The molecule has 0 aromatic heterocycles. The molecule has 1 saturated carbocycles. The summed E-state index contributed by atoms with van der Waals surface area (Å²) in [6, 6.07) is 0. The summed E-state index contributed by atoms with van der Waals surface area (Å²) in [6.45, 7) is 11.4. The van der Waals surface area contributed by atoms with Gasteiger partial charge in [0.15, 0.2) is 0 Å². The highest BCUT2D eigenvalue weighted by Crippen LogP contribution is 2.38. The molecule has 0 saturated heterocycles. The molecule has 1 N–H and O–H groups in total. The van der Waals surface area contributed by atoms with E-state index >= 15 is 0 Å². The fourth-order valence-corrected chi connectivity index (χ4v) is 2.50. The van der Waals surface area contributed by atoms with Crippen molar-refractivity contribution in [1.82, 2.24) is 10.2 Å². The molecule has 3 unspecified atom stereocenters. The van der Waals surface area contributed by atoms with E-state index in [4.69, 9.17) is 4.74 Å². The molecule has 0 amide bonds. The van der Waals surface area contributed by atoms with Crippen molar-refractivity contribution in [1.29, 1.82) is 0 Å². The molecule has 0 bridgehead atoms. The second-order valence-corrected chi connectivity index (χ2v) is 6.07. The molecule has 0 radical (unpaired) electrons. The maximum absolute atomic E-state index is 12.1. The molecule has 0 aliphatic heterocycles. The number of likely N-dealkylation sites (N-methyl/N-ethyl adjacent to an activating group) is 1. The van der Waals surface area contributed by atoms with E-state index in [1.54, 1.807) is 0 Å². The van der Waals surface area contributed by atoms with E-state index in [0.717, 1.165) is 37.9 Å². The molecule has 3 atom stereocenters. The lowest BCUT2D eigenvalue weighted by Crippen LogP contribution is -2.52. The van der Waals surface area contributed by atoms with Gasteiger partial charge in [-0.1, -0.05) is 13.8 Å². The molecule has 1 aliphatic rings. The van der Waals surface area contributed by atoms with Crippen LogP contribution in [-0.2, 0) is 9.53 Å². The monoisotopic (exact) mass is 270 g/mol. The Morgan fingerprint density at radius 1 is 1.47 bits per heavy atom. The highest BCUT2D eigenvalue weighted by Gasteiger charge is 2.36. The van der Waals surface area contributed by atoms with E-state index in [2.05, 4.69) is 24.2 Å². The predicted molar refractivity (Wildman–Crippen MR) is 78.1 cm³/mol. The summed E-state index contributed by atoms with van der Waals surface area (Å²) >= 11 is 0. The van der Waals surface area contributed by atoms with E-state index < -0.39 is 5.54 Å². The van der Waals surface area contributed by atoms with Gasteiger partial charge in [-0.3, -0.25) is 4.79 Å².